The number of carbonyl (C=O) groups is 2. The van der Waals surface area contributed by atoms with Gasteiger partial charge < -0.3 is 10.8 Å². The van der Waals surface area contributed by atoms with Gasteiger partial charge in [0.1, 0.15) is 0 Å². The van der Waals surface area contributed by atoms with Crippen LogP contribution < -0.4 is 5.73 Å². The number of aliphatic hydroxyl groups excluding tert-OH is 1. The Bertz CT molecular complexity index is 342. The number of carbonyl (C=O) groups excluding carboxylic acids is 2. The highest BCUT2D eigenvalue weighted by molar-refractivity contribution is 5.98. The number of hydrogen-bond donors (Lipinski definition) is 2. The molecule has 0 bridgehead atoms. The zero-order valence-corrected chi connectivity index (χ0v) is 11.6. The summed E-state index contributed by atoms with van der Waals surface area (Å²) in [6, 6.07) is -0.562. The third kappa shape index (κ3) is 3.15. The zero-order valence-electron chi connectivity index (χ0n) is 11.6. The van der Waals surface area contributed by atoms with Gasteiger partial charge in [0.25, 0.3) is 0 Å². The molecule has 2 fully saturated rings. The van der Waals surface area contributed by atoms with Crippen molar-refractivity contribution in [3.05, 3.63) is 0 Å². The lowest BCUT2D eigenvalue weighted by atomic mass is 9.67. The minimum atomic E-state index is -0.717. The third-order valence-corrected chi connectivity index (χ3v) is 4.58. The minimum absolute atomic E-state index is 0.0855. The van der Waals surface area contributed by atoms with E-state index in [2.05, 4.69) is 0 Å². The summed E-state index contributed by atoms with van der Waals surface area (Å²) in [5, 5.41) is 9.39. The van der Waals surface area contributed by atoms with E-state index in [1.54, 1.807) is 6.92 Å². The number of piperidine rings is 1. The van der Waals surface area contributed by atoms with Crippen molar-refractivity contribution in [3.8, 4) is 0 Å². The highest BCUT2D eigenvalue weighted by atomic mass is 16.3. The first-order valence-electron chi connectivity index (χ1n) is 7.20. The van der Waals surface area contributed by atoms with Crippen molar-refractivity contribution >= 4 is 11.8 Å². The number of hydrogen-bond acceptors (Lipinski definition) is 4. The lowest BCUT2D eigenvalue weighted by Crippen LogP contribution is -2.54. The van der Waals surface area contributed by atoms with Gasteiger partial charge in [0.05, 0.1) is 6.10 Å². The third-order valence-electron chi connectivity index (χ3n) is 4.58. The molecule has 1 saturated heterocycles. The van der Waals surface area contributed by atoms with Crippen LogP contribution in [0.15, 0.2) is 0 Å². The summed E-state index contributed by atoms with van der Waals surface area (Å²) in [5.41, 5.74) is 5.66. The molecule has 0 aromatic carbocycles. The lowest BCUT2D eigenvalue weighted by Gasteiger charge is -2.43. The average Bonchev–Trinajstić information content (AvgIpc) is 2.34. The van der Waals surface area contributed by atoms with Gasteiger partial charge in [-0.15, -0.1) is 0 Å². The summed E-state index contributed by atoms with van der Waals surface area (Å²) in [7, 11) is 0. The monoisotopic (exact) mass is 268 g/mol. The fourth-order valence-corrected chi connectivity index (χ4v) is 3.26. The molecule has 0 radical (unpaired) electrons. The van der Waals surface area contributed by atoms with Crippen molar-refractivity contribution in [2.24, 2.45) is 11.1 Å². The fraction of sp³-hybridized carbons (Fsp3) is 0.857. The number of likely N-dealkylation sites (tertiary alicyclic amines) is 1. The van der Waals surface area contributed by atoms with Crippen LogP contribution in [0.4, 0.5) is 0 Å². The normalized spacial score (nSPS) is 26.6. The molecule has 2 amide bonds. The molecule has 108 valence electrons. The van der Waals surface area contributed by atoms with Crippen molar-refractivity contribution < 1.29 is 14.7 Å². The maximum Gasteiger partial charge on any atom is 0.229 e. The molecule has 1 aliphatic carbocycles. The van der Waals surface area contributed by atoms with E-state index in [0.29, 0.717) is 12.8 Å². The Labute approximate surface area is 114 Å². The Morgan fingerprint density at radius 2 is 1.74 bits per heavy atom. The molecule has 19 heavy (non-hydrogen) atoms. The summed E-state index contributed by atoms with van der Waals surface area (Å²) in [6.45, 7) is 1.71. The van der Waals surface area contributed by atoms with Gasteiger partial charge in [-0.3, -0.25) is 14.5 Å². The SMILES string of the molecule is CC(O)C(N)CN1C(=O)CC2(CCCCC2)CC1=O. The van der Waals surface area contributed by atoms with E-state index < -0.39 is 12.1 Å². The molecule has 2 rings (SSSR count). The van der Waals surface area contributed by atoms with Gasteiger partial charge in [-0.1, -0.05) is 19.3 Å². The van der Waals surface area contributed by atoms with Crippen LogP contribution in [0.3, 0.4) is 0 Å². The molecule has 2 atom stereocenters. The molecular formula is C14H24N2O3. The zero-order chi connectivity index (χ0) is 14.0. The Hall–Kier alpha value is -0.940. The molecule has 2 unspecified atom stereocenters. The second kappa shape index (κ2) is 5.59. The Morgan fingerprint density at radius 1 is 1.21 bits per heavy atom. The molecule has 1 saturated carbocycles. The summed E-state index contributed by atoms with van der Waals surface area (Å²) in [4.78, 5) is 25.7. The van der Waals surface area contributed by atoms with Gasteiger partial charge >= 0.3 is 0 Å². The van der Waals surface area contributed by atoms with Gasteiger partial charge in [0, 0.05) is 25.4 Å². The smallest absolute Gasteiger partial charge is 0.229 e. The van der Waals surface area contributed by atoms with Crippen LogP contribution in [0.1, 0.15) is 51.9 Å². The number of nitrogens with two attached hydrogens (primary N) is 1. The van der Waals surface area contributed by atoms with E-state index in [4.69, 9.17) is 5.73 Å². The second-order valence-corrected chi connectivity index (χ2v) is 6.22. The molecule has 2 aliphatic rings. The maximum atomic E-state index is 12.2. The molecule has 5 nitrogen and oxygen atoms in total. The Balaban J connectivity index is 2.02. The number of nitrogens with zero attached hydrogens (tertiary/aromatic N) is 1. The van der Waals surface area contributed by atoms with Crippen LogP contribution in [-0.4, -0.2) is 40.5 Å². The topological polar surface area (TPSA) is 83.6 Å². The highest BCUT2D eigenvalue weighted by Gasteiger charge is 2.44. The standard InChI is InChI=1S/C14H24N2O3/c1-10(17)11(15)9-16-12(18)7-14(8-13(16)19)5-3-2-4-6-14/h10-11,17H,2-9,15H2,1H3. The predicted octanol–water partition coefficient (Wildman–Crippen LogP) is 0.794. The summed E-state index contributed by atoms with van der Waals surface area (Å²) in [6.07, 6.45) is 5.63. The summed E-state index contributed by atoms with van der Waals surface area (Å²) in [5.74, 6) is -0.233. The molecule has 0 aromatic rings. The van der Waals surface area contributed by atoms with Crippen molar-refractivity contribution in [2.75, 3.05) is 6.54 Å². The van der Waals surface area contributed by atoms with Gasteiger partial charge in [-0.25, -0.2) is 0 Å². The van der Waals surface area contributed by atoms with Crippen molar-refractivity contribution in [3.63, 3.8) is 0 Å². The largest absolute Gasteiger partial charge is 0.392 e. The van der Waals surface area contributed by atoms with Crippen LogP contribution >= 0.6 is 0 Å². The molecule has 0 aromatic heterocycles. The van der Waals surface area contributed by atoms with Crippen LogP contribution in [0.2, 0.25) is 0 Å². The quantitative estimate of drug-likeness (QED) is 0.741. The van der Waals surface area contributed by atoms with Gasteiger partial charge in [-0.2, -0.15) is 0 Å². The molecule has 1 heterocycles. The fourth-order valence-electron chi connectivity index (χ4n) is 3.26. The molecule has 5 heteroatoms. The first kappa shape index (κ1) is 14.5. The summed E-state index contributed by atoms with van der Waals surface area (Å²) >= 11 is 0. The van der Waals surface area contributed by atoms with Crippen molar-refractivity contribution in [2.45, 2.75) is 64.0 Å². The molecule has 3 N–H and O–H groups in total. The maximum absolute atomic E-state index is 12.2. The van der Waals surface area contributed by atoms with Crippen LogP contribution in [0, 0.1) is 5.41 Å². The van der Waals surface area contributed by atoms with E-state index in [9.17, 15) is 14.7 Å². The van der Waals surface area contributed by atoms with E-state index in [-0.39, 0.29) is 23.8 Å². The molecule has 1 aliphatic heterocycles. The number of aliphatic hydroxyl groups is 1. The number of rotatable bonds is 3. The highest BCUT2D eigenvalue weighted by Crippen LogP contribution is 2.45. The summed E-state index contributed by atoms with van der Waals surface area (Å²) < 4.78 is 0. The van der Waals surface area contributed by atoms with Crippen molar-refractivity contribution in [1.29, 1.82) is 0 Å². The van der Waals surface area contributed by atoms with Gasteiger partial charge in [-0.05, 0) is 25.2 Å². The van der Waals surface area contributed by atoms with Crippen molar-refractivity contribution in [1.82, 2.24) is 4.90 Å². The number of amides is 2. The first-order chi connectivity index (χ1) is 8.93. The van der Waals surface area contributed by atoms with Crippen LogP contribution in [-0.2, 0) is 9.59 Å². The van der Waals surface area contributed by atoms with E-state index >= 15 is 0 Å². The average molecular weight is 268 g/mol. The Kier molecular flexibility index (Phi) is 4.26. The van der Waals surface area contributed by atoms with E-state index in [0.717, 1.165) is 25.7 Å². The second-order valence-electron chi connectivity index (χ2n) is 6.22. The van der Waals surface area contributed by atoms with Gasteiger partial charge in [0.15, 0.2) is 0 Å². The minimum Gasteiger partial charge on any atom is -0.392 e. The predicted molar refractivity (Wildman–Crippen MR) is 71.1 cm³/mol. The first-order valence-corrected chi connectivity index (χ1v) is 7.20. The van der Waals surface area contributed by atoms with Crippen LogP contribution in [0.5, 0.6) is 0 Å². The Morgan fingerprint density at radius 3 is 2.21 bits per heavy atom. The molecule has 1 spiro atoms. The van der Waals surface area contributed by atoms with Gasteiger partial charge in [0.2, 0.25) is 11.8 Å². The number of imide groups is 1. The lowest BCUT2D eigenvalue weighted by molar-refractivity contribution is -0.155. The van der Waals surface area contributed by atoms with E-state index in [1.807, 2.05) is 0 Å². The van der Waals surface area contributed by atoms with E-state index in [1.165, 1.54) is 11.3 Å². The van der Waals surface area contributed by atoms with Crippen LogP contribution in [0.25, 0.3) is 0 Å². The molecular weight excluding hydrogens is 244 g/mol.